The van der Waals surface area contributed by atoms with E-state index in [1.54, 1.807) is 29.1 Å². The Morgan fingerprint density at radius 3 is 2.53 bits per heavy atom. The van der Waals surface area contributed by atoms with E-state index in [9.17, 15) is 8.78 Å². The molecule has 0 unspecified atom stereocenters. The quantitative estimate of drug-likeness (QED) is 0.889. The Morgan fingerprint density at radius 2 is 2.00 bits per heavy atom. The van der Waals surface area contributed by atoms with E-state index < -0.39 is 6.61 Å². The summed E-state index contributed by atoms with van der Waals surface area (Å²) in [6, 6.07) is 6.40. The second-order valence-electron chi connectivity index (χ2n) is 3.44. The molecule has 0 amide bonds. The van der Waals surface area contributed by atoms with Gasteiger partial charge in [0, 0.05) is 12.4 Å². The SMILES string of the molecule is Nc1nccn1Cc1ccc(OC(F)F)cc1. The van der Waals surface area contributed by atoms with Gasteiger partial charge in [0.1, 0.15) is 5.75 Å². The highest BCUT2D eigenvalue weighted by Crippen LogP contribution is 2.16. The maximum absolute atomic E-state index is 11.9. The lowest BCUT2D eigenvalue weighted by Crippen LogP contribution is -2.04. The Hall–Kier alpha value is -2.11. The first-order valence-electron chi connectivity index (χ1n) is 4.95. The molecule has 0 bridgehead atoms. The number of nitrogens with two attached hydrogens (primary N) is 1. The van der Waals surface area contributed by atoms with Crippen LogP contribution >= 0.6 is 0 Å². The highest BCUT2D eigenvalue weighted by atomic mass is 19.3. The Kier molecular flexibility index (Phi) is 3.22. The van der Waals surface area contributed by atoms with E-state index in [1.807, 2.05) is 0 Å². The monoisotopic (exact) mass is 239 g/mol. The predicted molar refractivity (Wildman–Crippen MR) is 58.8 cm³/mol. The lowest BCUT2D eigenvalue weighted by Gasteiger charge is -2.07. The minimum atomic E-state index is -2.80. The van der Waals surface area contributed by atoms with Crippen LogP contribution in [0.2, 0.25) is 0 Å². The van der Waals surface area contributed by atoms with Crippen LogP contribution in [0.1, 0.15) is 5.56 Å². The lowest BCUT2D eigenvalue weighted by atomic mass is 10.2. The van der Waals surface area contributed by atoms with E-state index in [0.717, 1.165) is 5.56 Å². The first kappa shape index (κ1) is 11.4. The average molecular weight is 239 g/mol. The molecule has 1 aromatic carbocycles. The number of aromatic nitrogens is 2. The molecule has 4 nitrogen and oxygen atoms in total. The summed E-state index contributed by atoms with van der Waals surface area (Å²) in [5.74, 6) is 0.556. The van der Waals surface area contributed by atoms with Crippen LogP contribution in [0.3, 0.4) is 0 Å². The van der Waals surface area contributed by atoms with Crippen molar-refractivity contribution in [2.45, 2.75) is 13.2 Å². The van der Waals surface area contributed by atoms with Crippen molar-refractivity contribution in [2.24, 2.45) is 0 Å². The van der Waals surface area contributed by atoms with E-state index in [-0.39, 0.29) is 5.75 Å². The number of anilines is 1. The highest BCUT2D eigenvalue weighted by Gasteiger charge is 2.04. The van der Waals surface area contributed by atoms with Gasteiger partial charge in [0.25, 0.3) is 0 Å². The number of benzene rings is 1. The standard InChI is InChI=1S/C11H11F2N3O/c12-10(13)17-9-3-1-8(2-4-9)7-16-6-5-15-11(16)14/h1-6,10H,7H2,(H2,14,15). The Labute approximate surface area is 96.6 Å². The van der Waals surface area contributed by atoms with Gasteiger partial charge in [0.15, 0.2) is 5.95 Å². The van der Waals surface area contributed by atoms with E-state index in [2.05, 4.69) is 9.72 Å². The minimum absolute atomic E-state index is 0.141. The normalized spacial score (nSPS) is 10.8. The summed E-state index contributed by atoms with van der Waals surface area (Å²) >= 11 is 0. The maximum Gasteiger partial charge on any atom is 0.387 e. The van der Waals surface area contributed by atoms with Crippen LogP contribution in [-0.2, 0) is 6.54 Å². The number of hydrogen-bond acceptors (Lipinski definition) is 3. The molecule has 1 aromatic heterocycles. The number of nitrogen functional groups attached to an aromatic ring is 1. The van der Waals surface area contributed by atoms with Gasteiger partial charge >= 0.3 is 6.61 Å². The van der Waals surface area contributed by atoms with Crippen molar-refractivity contribution in [3.63, 3.8) is 0 Å². The summed E-state index contributed by atoms with van der Waals surface area (Å²) in [5.41, 5.74) is 6.54. The van der Waals surface area contributed by atoms with Crippen LogP contribution in [0.25, 0.3) is 0 Å². The molecular weight excluding hydrogens is 228 g/mol. The molecule has 90 valence electrons. The highest BCUT2D eigenvalue weighted by molar-refractivity contribution is 5.28. The van der Waals surface area contributed by atoms with Gasteiger partial charge in [0.2, 0.25) is 0 Å². The summed E-state index contributed by atoms with van der Waals surface area (Å²) in [7, 11) is 0. The molecule has 6 heteroatoms. The topological polar surface area (TPSA) is 53.1 Å². The molecule has 0 fully saturated rings. The Morgan fingerprint density at radius 1 is 1.29 bits per heavy atom. The fraction of sp³-hybridized carbons (Fsp3) is 0.182. The van der Waals surface area contributed by atoms with Crippen molar-refractivity contribution in [1.29, 1.82) is 0 Å². The Balaban J connectivity index is 2.06. The molecule has 0 saturated carbocycles. The van der Waals surface area contributed by atoms with Crippen molar-refractivity contribution in [2.75, 3.05) is 5.73 Å². The van der Waals surface area contributed by atoms with Crippen molar-refractivity contribution < 1.29 is 13.5 Å². The van der Waals surface area contributed by atoms with Crippen LogP contribution in [0, 0.1) is 0 Å². The number of halogens is 2. The molecule has 0 aliphatic rings. The molecule has 0 spiro atoms. The molecule has 0 saturated heterocycles. The van der Waals surface area contributed by atoms with Gasteiger partial charge in [-0.15, -0.1) is 0 Å². The number of nitrogens with zero attached hydrogens (tertiary/aromatic N) is 2. The van der Waals surface area contributed by atoms with Crippen molar-refractivity contribution >= 4 is 5.95 Å². The lowest BCUT2D eigenvalue weighted by molar-refractivity contribution is -0.0498. The predicted octanol–water partition coefficient (Wildman–Crippen LogP) is 2.12. The van der Waals surface area contributed by atoms with Gasteiger partial charge < -0.3 is 15.0 Å². The number of imidazole rings is 1. The molecule has 0 aliphatic heterocycles. The van der Waals surface area contributed by atoms with Gasteiger partial charge in [-0.3, -0.25) is 0 Å². The first-order valence-corrected chi connectivity index (χ1v) is 4.95. The fourth-order valence-corrected chi connectivity index (χ4v) is 1.45. The number of alkyl halides is 2. The average Bonchev–Trinajstić information content (AvgIpc) is 2.67. The first-order chi connectivity index (χ1) is 8.15. The van der Waals surface area contributed by atoms with Crippen LogP contribution in [0.15, 0.2) is 36.7 Å². The molecule has 0 radical (unpaired) electrons. The van der Waals surface area contributed by atoms with E-state index in [1.165, 1.54) is 12.1 Å². The Bertz CT molecular complexity index is 482. The number of hydrogen-bond donors (Lipinski definition) is 1. The van der Waals surface area contributed by atoms with Gasteiger partial charge in [-0.2, -0.15) is 8.78 Å². The number of ether oxygens (including phenoxy) is 1. The van der Waals surface area contributed by atoms with Crippen molar-refractivity contribution in [3.05, 3.63) is 42.2 Å². The van der Waals surface area contributed by atoms with E-state index in [0.29, 0.717) is 12.5 Å². The smallest absolute Gasteiger partial charge is 0.387 e. The van der Waals surface area contributed by atoms with Crippen LogP contribution in [0.4, 0.5) is 14.7 Å². The zero-order valence-electron chi connectivity index (χ0n) is 8.88. The second-order valence-corrected chi connectivity index (χ2v) is 3.44. The molecule has 2 rings (SSSR count). The minimum Gasteiger partial charge on any atom is -0.435 e. The van der Waals surface area contributed by atoms with Crippen LogP contribution in [0.5, 0.6) is 5.75 Å². The van der Waals surface area contributed by atoms with Gasteiger partial charge in [-0.05, 0) is 17.7 Å². The zero-order valence-corrected chi connectivity index (χ0v) is 8.88. The molecule has 2 N–H and O–H groups in total. The van der Waals surface area contributed by atoms with E-state index in [4.69, 9.17) is 5.73 Å². The molecule has 1 heterocycles. The number of rotatable bonds is 4. The van der Waals surface area contributed by atoms with E-state index >= 15 is 0 Å². The molecule has 2 aromatic rings. The van der Waals surface area contributed by atoms with Gasteiger partial charge in [-0.1, -0.05) is 12.1 Å². The summed E-state index contributed by atoms with van der Waals surface area (Å²) in [6.07, 6.45) is 3.35. The largest absolute Gasteiger partial charge is 0.435 e. The third kappa shape index (κ3) is 2.93. The van der Waals surface area contributed by atoms with Gasteiger partial charge in [0.05, 0.1) is 6.54 Å². The third-order valence-corrected chi connectivity index (χ3v) is 2.25. The fourth-order valence-electron chi connectivity index (χ4n) is 1.45. The molecule has 0 aliphatic carbocycles. The molecule has 17 heavy (non-hydrogen) atoms. The van der Waals surface area contributed by atoms with Crippen LogP contribution in [-0.4, -0.2) is 16.2 Å². The second kappa shape index (κ2) is 4.82. The molecule has 0 atom stereocenters. The van der Waals surface area contributed by atoms with Crippen LogP contribution < -0.4 is 10.5 Å². The van der Waals surface area contributed by atoms with Crippen molar-refractivity contribution in [3.8, 4) is 5.75 Å². The van der Waals surface area contributed by atoms with Crippen molar-refractivity contribution in [1.82, 2.24) is 9.55 Å². The maximum atomic E-state index is 11.9. The third-order valence-electron chi connectivity index (χ3n) is 2.25. The molecular formula is C11H11F2N3O. The van der Waals surface area contributed by atoms with Gasteiger partial charge in [-0.25, -0.2) is 4.98 Å². The summed E-state index contributed by atoms with van der Waals surface area (Å²) < 4.78 is 29.9. The summed E-state index contributed by atoms with van der Waals surface area (Å²) in [6.45, 7) is -2.26. The summed E-state index contributed by atoms with van der Waals surface area (Å²) in [4.78, 5) is 3.89. The summed E-state index contributed by atoms with van der Waals surface area (Å²) in [5, 5.41) is 0. The zero-order chi connectivity index (χ0) is 12.3.